The lowest BCUT2D eigenvalue weighted by Gasteiger charge is -2.10. The van der Waals surface area contributed by atoms with Gasteiger partial charge in [-0.2, -0.15) is 11.8 Å². The van der Waals surface area contributed by atoms with Gasteiger partial charge in [-0.3, -0.25) is 0 Å². The van der Waals surface area contributed by atoms with E-state index in [1.165, 1.54) is 11.5 Å². The maximum Gasteiger partial charge on any atom is 0.0801 e. The third-order valence-electron chi connectivity index (χ3n) is 2.79. The van der Waals surface area contributed by atoms with Gasteiger partial charge >= 0.3 is 0 Å². The summed E-state index contributed by atoms with van der Waals surface area (Å²) in [7, 11) is 0. The molecular formula is C10H14OS. The van der Waals surface area contributed by atoms with Crippen molar-refractivity contribution in [2.45, 2.75) is 12.2 Å². The van der Waals surface area contributed by atoms with Gasteiger partial charge in [-0.05, 0) is 11.5 Å². The lowest BCUT2D eigenvalue weighted by atomic mass is 9.90. The molecule has 0 bridgehead atoms. The van der Waals surface area contributed by atoms with Gasteiger partial charge in [0.2, 0.25) is 0 Å². The zero-order chi connectivity index (χ0) is 8.55. The standard InChI is InChI=1S/C10H14OS/c1-3-9-7-5-12-6-8(7)10(4-2)11-9/h3-4,7-10H,1-2,5-6H2. The first-order chi connectivity index (χ1) is 5.86. The molecule has 2 aliphatic rings. The number of fused-ring (bicyclic) bond motifs is 1. The van der Waals surface area contributed by atoms with Crippen molar-refractivity contribution in [3.05, 3.63) is 25.3 Å². The van der Waals surface area contributed by atoms with Gasteiger partial charge in [-0.15, -0.1) is 13.2 Å². The van der Waals surface area contributed by atoms with Crippen LogP contribution in [-0.4, -0.2) is 23.7 Å². The van der Waals surface area contributed by atoms with Gasteiger partial charge in [0.1, 0.15) is 0 Å². The van der Waals surface area contributed by atoms with Crippen LogP contribution >= 0.6 is 11.8 Å². The molecule has 2 aliphatic heterocycles. The Morgan fingerprint density at radius 3 is 2.00 bits per heavy atom. The number of hydrogen-bond acceptors (Lipinski definition) is 2. The van der Waals surface area contributed by atoms with E-state index in [0.717, 1.165) is 0 Å². The summed E-state index contributed by atoms with van der Waals surface area (Å²) in [6.07, 6.45) is 4.42. The second-order valence-electron chi connectivity index (χ2n) is 3.40. The normalized spacial score (nSPS) is 45.7. The predicted molar refractivity (Wildman–Crippen MR) is 53.4 cm³/mol. The van der Waals surface area contributed by atoms with Crippen LogP contribution in [0.1, 0.15) is 0 Å². The molecule has 0 aromatic rings. The Labute approximate surface area is 77.9 Å². The van der Waals surface area contributed by atoms with Gasteiger partial charge in [0.05, 0.1) is 12.2 Å². The summed E-state index contributed by atoms with van der Waals surface area (Å²) in [5, 5.41) is 0. The van der Waals surface area contributed by atoms with E-state index < -0.39 is 0 Å². The fourth-order valence-corrected chi connectivity index (χ4v) is 3.66. The quantitative estimate of drug-likeness (QED) is 0.605. The summed E-state index contributed by atoms with van der Waals surface area (Å²) in [5.41, 5.74) is 0. The average molecular weight is 182 g/mol. The van der Waals surface area contributed by atoms with Gasteiger partial charge in [0.25, 0.3) is 0 Å². The molecule has 2 rings (SSSR count). The minimum Gasteiger partial charge on any atom is -0.366 e. The minimum atomic E-state index is 0.271. The molecule has 2 fully saturated rings. The van der Waals surface area contributed by atoms with Gasteiger partial charge in [-0.25, -0.2) is 0 Å². The maximum absolute atomic E-state index is 5.78. The van der Waals surface area contributed by atoms with Crippen LogP contribution in [0.25, 0.3) is 0 Å². The van der Waals surface area contributed by atoms with E-state index in [2.05, 4.69) is 13.2 Å². The maximum atomic E-state index is 5.78. The average Bonchev–Trinajstić information content (AvgIpc) is 2.63. The molecule has 0 saturated carbocycles. The zero-order valence-corrected chi connectivity index (χ0v) is 7.93. The van der Waals surface area contributed by atoms with Crippen molar-refractivity contribution in [3.8, 4) is 0 Å². The topological polar surface area (TPSA) is 9.23 Å². The highest BCUT2D eigenvalue weighted by molar-refractivity contribution is 7.99. The molecule has 0 aromatic heterocycles. The molecule has 0 radical (unpaired) electrons. The van der Waals surface area contributed by atoms with Crippen molar-refractivity contribution in [1.29, 1.82) is 0 Å². The van der Waals surface area contributed by atoms with Crippen LogP contribution < -0.4 is 0 Å². The summed E-state index contributed by atoms with van der Waals surface area (Å²) >= 11 is 2.03. The highest BCUT2D eigenvalue weighted by Crippen LogP contribution is 2.43. The molecule has 0 amide bonds. The summed E-state index contributed by atoms with van der Waals surface area (Å²) in [4.78, 5) is 0. The minimum absolute atomic E-state index is 0.271. The van der Waals surface area contributed by atoms with Crippen LogP contribution in [-0.2, 0) is 4.74 Å². The summed E-state index contributed by atoms with van der Waals surface area (Å²) < 4.78 is 5.78. The molecule has 0 aromatic carbocycles. The van der Waals surface area contributed by atoms with Gasteiger partial charge < -0.3 is 4.74 Å². The van der Waals surface area contributed by atoms with Crippen molar-refractivity contribution in [1.82, 2.24) is 0 Å². The third kappa shape index (κ3) is 1.14. The number of rotatable bonds is 2. The van der Waals surface area contributed by atoms with Crippen LogP contribution in [0.3, 0.4) is 0 Å². The third-order valence-corrected chi connectivity index (χ3v) is 4.03. The molecule has 4 atom stereocenters. The molecule has 4 unspecified atom stereocenters. The number of hydrogen-bond donors (Lipinski definition) is 0. The molecule has 66 valence electrons. The zero-order valence-electron chi connectivity index (χ0n) is 7.11. The van der Waals surface area contributed by atoms with Crippen molar-refractivity contribution >= 4 is 11.8 Å². The largest absolute Gasteiger partial charge is 0.366 e. The van der Waals surface area contributed by atoms with E-state index in [4.69, 9.17) is 4.74 Å². The highest BCUT2D eigenvalue weighted by atomic mass is 32.2. The van der Waals surface area contributed by atoms with Crippen molar-refractivity contribution in [2.75, 3.05) is 11.5 Å². The van der Waals surface area contributed by atoms with Gasteiger partial charge in [-0.1, -0.05) is 12.2 Å². The molecule has 0 spiro atoms. The lowest BCUT2D eigenvalue weighted by Crippen LogP contribution is -2.17. The molecule has 2 heterocycles. The highest BCUT2D eigenvalue weighted by Gasteiger charge is 2.44. The first-order valence-corrected chi connectivity index (χ1v) is 5.50. The fourth-order valence-electron chi connectivity index (χ4n) is 2.11. The Balaban J connectivity index is 2.15. The monoisotopic (exact) mass is 182 g/mol. The summed E-state index contributed by atoms with van der Waals surface area (Å²) in [5.74, 6) is 3.84. The summed E-state index contributed by atoms with van der Waals surface area (Å²) in [6.45, 7) is 7.61. The van der Waals surface area contributed by atoms with Crippen LogP contribution in [0.15, 0.2) is 25.3 Å². The second-order valence-corrected chi connectivity index (χ2v) is 4.48. The van der Waals surface area contributed by atoms with E-state index in [-0.39, 0.29) is 12.2 Å². The Morgan fingerprint density at radius 2 is 1.58 bits per heavy atom. The van der Waals surface area contributed by atoms with Crippen molar-refractivity contribution in [3.63, 3.8) is 0 Å². The van der Waals surface area contributed by atoms with E-state index >= 15 is 0 Å². The van der Waals surface area contributed by atoms with Crippen molar-refractivity contribution in [2.24, 2.45) is 11.8 Å². The Hall–Kier alpha value is -0.210. The van der Waals surface area contributed by atoms with Crippen LogP contribution in [0.5, 0.6) is 0 Å². The molecule has 1 nitrogen and oxygen atoms in total. The summed E-state index contributed by atoms with van der Waals surface area (Å²) in [6, 6.07) is 0. The Bertz CT molecular complexity index is 182. The second kappa shape index (κ2) is 3.27. The van der Waals surface area contributed by atoms with E-state index in [0.29, 0.717) is 11.8 Å². The molecule has 0 aliphatic carbocycles. The van der Waals surface area contributed by atoms with Crippen LogP contribution in [0.2, 0.25) is 0 Å². The van der Waals surface area contributed by atoms with Crippen molar-refractivity contribution < 1.29 is 4.74 Å². The smallest absolute Gasteiger partial charge is 0.0801 e. The Morgan fingerprint density at radius 1 is 1.08 bits per heavy atom. The Kier molecular flexibility index (Phi) is 2.28. The molecular weight excluding hydrogens is 168 g/mol. The van der Waals surface area contributed by atoms with Gasteiger partial charge in [0, 0.05) is 11.8 Å². The lowest BCUT2D eigenvalue weighted by molar-refractivity contribution is 0.0858. The molecule has 2 saturated heterocycles. The van der Waals surface area contributed by atoms with E-state index in [1.807, 2.05) is 23.9 Å². The van der Waals surface area contributed by atoms with E-state index in [1.54, 1.807) is 0 Å². The number of thioether (sulfide) groups is 1. The van der Waals surface area contributed by atoms with Gasteiger partial charge in [0.15, 0.2) is 0 Å². The number of ether oxygens (including phenoxy) is 1. The molecule has 0 N–H and O–H groups in total. The molecule has 2 heteroatoms. The van der Waals surface area contributed by atoms with Crippen LogP contribution in [0, 0.1) is 11.8 Å². The van der Waals surface area contributed by atoms with E-state index in [9.17, 15) is 0 Å². The van der Waals surface area contributed by atoms with Crippen LogP contribution in [0.4, 0.5) is 0 Å². The first kappa shape index (κ1) is 8.39. The SMILES string of the molecule is C=CC1OC(C=C)C2CSCC12. The first-order valence-electron chi connectivity index (χ1n) is 4.35. The molecule has 12 heavy (non-hydrogen) atoms. The fraction of sp³-hybridized carbons (Fsp3) is 0.600. The predicted octanol–water partition coefficient (Wildman–Crippen LogP) is 2.10.